The summed E-state index contributed by atoms with van der Waals surface area (Å²) in [4.78, 5) is 10.6. The second-order valence-corrected chi connectivity index (χ2v) is 3.48. The van der Waals surface area contributed by atoms with Crippen molar-refractivity contribution in [2.24, 2.45) is 5.73 Å². The summed E-state index contributed by atoms with van der Waals surface area (Å²) in [6.45, 7) is 2.91. The number of rotatable bonds is 4. The van der Waals surface area contributed by atoms with Crippen LogP contribution in [0, 0.1) is 0 Å². The van der Waals surface area contributed by atoms with E-state index >= 15 is 0 Å². The van der Waals surface area contributed by atoms with E-state index < -0.39 is 12.1 Å². The molecule has 0 bridgehead atoms. The van der Waals surface area contributed by atoms with Crippen LogP contribution in [0.3, 0.4) is 0 Å². The highest BCUT2D eigenvalue weighted by Crippen LogP contribution is 2.01. The largest absolute Gasteiger partial charge is 0.479 e. The Kier molecular flexibility index (Phi) is 4.27. The lowest BCUT2D eigenvalue weighted by Gasteiger charge is -2.29. The maximum absolute atomic E-state index is 10.6. The first kappa shape index (κ1) is 11.4. The molecule has 0 aliphatic carbocycles. The summed E-state index contributed by atoms with van der Waals surface area (Å²) < 4.78 is 5.39. The number of hydrogen-bond acceptors (Lipinski definition) is 5. The highest BCUT2D eigenvalue weighted by molar-refractivity contribution is 5.73. The van der Waals surface area contributed by atoms with Crippen molar-refractivity contribution >= 4 is 5.97 Å². The maximum atomic E-state index is 10.6. The van der Waals surface area contributed by atoms with E-state index in [1.807, 2.05) is 6.92 Å². The lowest BCUT2D eigenvalue weighted by molar-refractivity contribution is -0.143. The molecule has 14 heavy (non-hydrogen) atoms. The highest BCUT2D eigenvalue weighted by Gasteiger charge is 2.25. The minimum absolute atomic E-state index is 0.0324. The molecule has 1 saturated heterocycles. The molecule has 0 aromatic heterocycles. The monoisotopic (exact) mass is 203 g/mol. The van der Waals surface area contributed by atoms with Crippen molar-refractivity contribution in [1.29, 1.82) is 0 Å². The van der Waals surface area contributed by atoms with Gasteiger partial charge >= 0.3 is 5.97 Å². The van der Waals surface area contributed by atoms with Gasteiger partial charge in [0.1, 0.15) is 6.23 Å². The van der Waals surface area contributed by atoms with E-state index in [1.54, 1.807) is 0 Å². The van der Waals surface area contributed by atoms with E-state index in [9.17, 15) is 4.79 Å². The molecule has 82 valence electrons. The minimum Gasteiger partial charge on any atom is -0.479 e. The molecule has 1 rings (SSSR count). The third-order valence-corrected chi connectivity index (χ3v) is 1.91. The van der Waals surface area contributed by atoms with E-state index in [0.717, 1.165) is 6.42 Å². The zero-order valence-electron chi connectivity index (χ0n) is 8.19. The number of aliphatic carboxylic acids is 1. The van der Waals surface area contributed by atoms with Crippen LogP contribution in [0.15, 0.2) is 0 Å². The van der Waals surface area contributed by atoms with Crippen molar-refractivity contribution in [2.75, 3.05) is 13.2 Å². The van der Waals surface area contributed by atoms with Crippen LogP contribution in [0.25, 0.3) is 0 Å². The summed E-state index contributed by atoms with van der Waals surface area (Å²) >= 11 is 0. The van der Waals surface area contributed by atoms with Gasteiger partial charge in [-0.25, -0.2) is 4.79 Å². The average molecular weight is 203 g/mol. The molecule has 6 heteroatoms. The second kappa shape index (κ2) is 5.26. The first-order valence-electron chi connectivity index (χ1n) is 4.69. The van der Waals surface area contributed by atoms with Crippen LogP contribution in [-0.2, 0) is 9.53 Å². The van der Waals surface area contributed by atoms with E-state index in [-0.39, 0.29) is 12.3 Å². The predicted molar refractivity (Wildman–Crippen MR) is 50.6 cm³/mol. The van der Waals surface area contributed by atoms with E-state index in [0.29, 0.717) is 13.2 Å². The number of nitrogens with one attached hydrogen (secondary N) is 2. The summed E-state index contributed by atoms with van der Waals surface area (Å²) in [7, 11) is 0. The molecule has 3 unspecified atom stereocenters. The molecule has 0 aromatic rings. The first-order chi connectivity index (χ1) is 6.59. The van der Waals surface area contributed by atoms with Gasteiger partial charge in [-0.15, -0.1) is 0 Å². The van der Waals surface area contributed by atoms with Gasteiger partial charge in [-0.3, -0.25) is 10.6 Å². The average Bonchev–Trinajstić information content (AvgIpc) is 2.15. The summed E-state index contributed by atoms with van der Waals surface area (Å²) in [6.07, 6.45) is -0.193. The molecule has 0 saturated carbocycles. The van der Waals surface area contributed by atoms with Gasteiger partial charge in [-0.1, -0.05) is 0 Å². The molecular weight excluding hydrogens is 186 g/mol. The lowest BCUT2D eigenvalue weighted by atomic mass is 10.2. The van der Waals surface area contributed by atoms with Gasteiger partial charge in [0, 0.05) is 12.6 Å². The Morgan fingerprint density at radius 1 is 1.79 bits per heavy atom. The number of carbonyl (C=O) groups is 1. The van der Waals surface area contributed by atoms with Crippen LogP contribution in [0.2, 0.25) is 0 Å². The molecular formula is C8H17N3O3. The van der Waals surface area contributed by atoms with Gasteiger partial charge in [0.25, 0.3) is 0 Å². The third-order valence-electron chi connectivity index (χ3n) is 1.91. The molecule has 1 fully saturated rings. The lowest BCUT2D eigenvalue weighted by Crippen LogP contribution is -2.58. The van der Waals surface area contributed by atoms with Crippen molar-refractivity contribution in [3.8, 4) is 0 Å². The normalized spacial score (nSPS) is 29.9. The molecule has 0 radical (unpaired) electrons. The maximum Gasteiger partial charge on any atom is 0.335 e. The number of nitrogens with two attached hydrogens (primary N) is 1. The van der Waals surface area contributed by atoms with Crippen LogP contribution < -0.4 is 16.4 Å². The fourth-order valence-electron chi connectivity index (χ4n) is 1.24. The van der Waals surface area contributed by atoms with Crippen LogP contribution in [0.5, 0.6) is 0 Å². The third kappa shape index (κ3) is 3.59. The Hall–Kier alpha value is -0.690. The molecule has 6 nitrogen and oxygen atoms in total. The Labute approximate surface area is 82.8 Å². The van der Waals surface area contributed by atoms with Crippen LogP contribution in [0.1, 0.15) is 13.3 Å². The zero-order chi connectivity index (χ0) is 10.6. The van der Waals surface area contributed by atoms with E-state index in [1.165, 1.54) is 0 Å². The van der Waals surface area contributed by atoms with Gasteiger partial charge in [-0.2, -0.15) is 0 Å². The van der Waals surface area contributed by atoms with Crippen LogP contribution in [0.4, 0.5) is 0 Å². The Bertz CT molecular complexity index is 198. The van der Waals surface area contributed by atoms with E-state index in [4.69, 9.17) is 15.6 Å². The quantitative estimate of drug-likeness (QED) is 0.452. The summed E-state index contributed by atoms with van der Waals surface area (Å²) in [5, 5.41) is 14.4. The Balaban J connectivity index is 2.29. The van der Waals surface area contributed by atoms with Crippen LogP contribution >= 0.6 is 0 Å². The molecule has 3 atom stereocenters. The van der Waals surface area contributed by atoms with Crippen molar-refractivity contribution in [3.63, 3.8) is 0 Å². The summed E-state index contributed by atoms with van der Waals surface area (Å²) in [6, 6.07) is -0.0324. The van der Waals surface area contributed by atoms with Crippen molar-refractivity contribution < 1.29 is 14.6 Å². The Morgan fingerprint density at radius 2 is 2.50 bits per heavy atom. The van der Waals surface area contributed by atoms with Crippen molar-refractivity contribution in [2.45, 2.75) is 31.8 Å². The van der Waals surface area contributed by atoms with Crippen molar-refractivity contribution in [3.05, 3.63) is 0 Å². The number of ether oxygens (including phenoxy) is 1. The fraction of sp³-hybridized carbons (Fsp3) is 0.875. The number of hydrogen-bond donors (Lipinski definition) is 4. The fourth-order valence-corrected chi connectivity index (χ4v) is 1.24. The molecule has 1 aliphatic rings. The van der Waals surface area contributed by atoms with Gasteiger partial charge in [-0.05, 0) is 13.3 Å². The molecule has 1 aliphatic heterocycles. The molecule has 0 amide bonds. The standard InChI is InChI=1S/C8H17N3O3/c1-5(9)4-14-6-2-3-10-7(11-6)8(12)13/h5-7,10-11H,2-4,9H2,1H3,(H,12,13). The topological polar surface area (TPSA) is 96.6 Å². The van der Waals surface area contributed by atoms with Crippen molar-refractivity contribution in [1.82, 2.24) is 10.6 Å². The molecule has 0 aromatic carbocycles. The highest BCUT2D eigenvalue weighted by atomic mass is 16.5. The first-order valence-corrected chi connectivity index (χ1v) is 4.69. The number of carboxylic acids is 1. The Morgan fingerprint density at radius 3 is 3.07 bits per heavy atom. The van der Waals surface area contributed by atoms with Gasteiger partial charge in [0.05, 0.1) is 6.61 Å². The van der Waals surface area contributed by atoms with Gasteiger partial charge in [0.15, 0.2) is 6.17 Å². The smallest absolute Gasteiger partial charge is 0.335 e. The minimum atomic E-state index is -0.918. The molecule has 5 N–H and O–H groups in total. The zero-order valence-corrected chi connectivity index (χ0v) is 8.19. The SMILES string of the molecule is CC(N)COC1CCNC(C(=O)O)N1. The summed E-state index contributed by atoms with van der Waals surface area (Å²) in [5.41, 5.74) is 5.52. The summed E-state index contributed by atoms with van der Waals surface area (Å²) in [5.74, 6) is -0.918. The van der Waals surface area contributed by atoms with Gasteiger partial charge in [0.2, 0.25) is 0 Å². The number of carboxylic acid groups (broad SMARTS) is 1. The predicted octanol–water partition coefficient (Wildman–Crippen LogP) is -1.33. The van der Waals surface area contributed by atoms with E-state index in [2.05, 4.69) is 10.6 Å². The molecule has 0 spiro atoms. The van der Waals surface area contributed by atoms with Gasteiger partial charge < -0.3 is 15.6 Å². The second-order valence-electron chi connectivity index (χ2n) is 3.48. The molecule has 1 heterocycles. The van der Waals surface area contributed by atoms with Crippen LogP contribution in [-0.4, -0.2) is 42.7 Å².